The van der Waals surface area contributed by atoms with E-state index in [0.29, 0.717) is 6.04 Å². The van der Waals surface area contributed by atoms with Crippen molar-refractivity contribution in [3.05, 3.63) is 40.5 Å². The number of hydrogen-bond donors (Lipinski definition) is 1. The Hall–Kier alpha value is -0.970. The van der Waals surface area contributed by atoms with Crippen LogP contribution in [-0.4, -0.2) is 15.8 Å². The third-order valence-electron chi connectivity index (χ3n) is 2.91. The molecule has 0 amide bonds. The lowest BCUT2D eigenvalue weighted by Gasteiger charge is -2.13. The topological polar surface area (TPSA) is 29.9 Å². The molecule has 0 saturated heterocycles. The summed E-state index contributed by atoms with van der Waals surface area (Å²) < 4.78 is 1.89. The van der Waals surface area contributed by atoms with E-state index in [1.54, 1.807) is 11.8 Å². The highest BCUT2D eigenvalue weighted by Crippen LogP contribution is 2.36. The summed E-state index contributed by atoms with van der Waals surface area (Å²) >= 11 is 8.04. The smallest absolute Gasteiger partial charge is 0.0987 e. The van der Waals surface area contributed by atoms with Gasteiger partial charge in [-0.1, -0.05) is 49.3 Å². The van der Waals surface area contributed by atoms with Crippen LogP contribution in [0.2, 0.25) is 5.02 Å². The first-order chi connectivity index (χ1) is 9.47. The minimum atomic E-state index is 0.450. The number of nitrogens with one attached hydrogen (secondary N) is 1. The van der Waals surface area contributed by atoms with Gasteiger partial charge in [-0.05, 0) is 24.6 Å². The molecule has 1 aromatic carbocycles. The summed E-state index contributed by atoms with van der Waals surface area (Å²) in [7, 11) is 1.96. The zero-order valence-corrected chi connectivity index (χ0v) is 13.8. The first-order valence-electron chi connectivity index (χ1n) is 6.66. The normalized spacial score (nSPS) is 11.3. The first kappa shape index (κ1) is 15.4. The largest absolute Gasteiger partial charge is 0.310 e. The number of hydrogen-bond acceptors (Lipinski definition) is 3. The molecule has 2 rings (SSSR count). The van der Waals surface area contributed by atoms with E-state index in [-0.39, 0.29) is 0 Å². The lowest BCUT2D eigenvalue weighted by molar-refractivity contribution is 0.584. The van der Waals surface area contributed by atoms with Crippen molar-refractivity contribution in [3.8, 4) is 0 Å². The molecule has 0 aliphatic heterocycles. The Bertz CT molecular complexity index is 593. The molecule has 108 valence electrons. The Morgan fingerprint density at radius 1 is 1.40 bits per heavy atom. The summed E-state index contributed by atoms with van der Waals surface area (Å²) in [4.78, 5) is 1.10. The molecule has 5 heteroatoms. The summed E-state index contributed by atoms with van der Waals surface area (Å²) in [5, 5.41) is 9.71. The Kier molecular flexibility index (Phi) is 5.13. The van der Waals surface area contributed by atoms with Gasteiger partial charge in [0.1, 0.15) is 0 Å². The third kappa shape index (κ3) is 3.78. The molecule has 2 aromatic rings. The van der Waals surface area contributed by atoms with Gasteiger partial charge in [0.15, 0.2) is 0 Å². The number of benzene rings is 1. The van der Waals surface area contributed by atoms with E-state index in [2.05, 4.69) is 36.4 Å². The summed E-state index contributed by atoms with van der Waals surface area (Å²) in [5.41, 5.74) is 2.24. The number of aromatic nitrogens is 2. The Labute approximate surface area is 129 Å². The van der Waals surface area contributed by atoms with Gasteiger partial charge in [-0.15, -0.1) is 0 Å². The van der Waals surface area contributed by atoms with Crippen molar-refractivity contribution in [2.75, 3.05) is 0 Å². The molecular weight excluding hydrogens is 290 g/mol. The van der Waals surface area contributed by atoms with Crippen LogP contribution in [0.15, 0.2) is 34.2 Å². The molecule has 0 aliphatic carbocycles. The minimum Gasteiger partial charge on any atom is -0.310 e. The van der Waals surface area contributed by atoms with Crippen molar-refractivity contribution >= 4 is 23.4 Å². The van der Waals surface area contributed by atoms with Crippen LogP contribution < -0.4 is 5.32 Å². The fourth-order valence-electron chi connectivity index (χ4n) is 1.91. The molecule has 1 aromatic heterocycles. The van der Waals surface area contributed by atoms with Crippen LogP contribution in [-0.2, 0) is 13.6 Å². The number of rotatable bonds is 5. The van der Waals surface area contributed by atoms with E-state index < -0.39 is 0 Å². The lowest BCUT2D eigenvalue weighted by atomic mass is 10.2. The molecule has 0 aliphatic rings. The van der Waals surface area contributed by atoms with Gasteiger partial charge in [-0.2, -0.15) is 5.10 Å². The Morgan fingerprint density at radius 2 is 2.15 bits per heavy atom. The zero-order valence-electron chi connectivity index (χ0n) is 12.3. The van der Waals surface area contributed by atoms with Gasteiger partial charge in [0.05, 0.1) is 15.7 Å². The van der Waals surface area contributed by atoms with Crippen LogP contribution in [0.25, 0.3) is 0 Å². The standard InChI is InChI=1S/C15H20ClN3S/c1-10(2)17-9-12-6-5-7-13(16)15(12)20-14-8-11(3)18-19(14)4/h5-8,10,17H,9H2,1-4H3. The SMILES string of the molecule is Cc1cc(Sc2c(Cl)cccc2CNC(C)C)n(C)n1. The summed E-state index contributed by atoms with van der Waals surface area (Å²) in [5.74, 6) is 0. The highest BCUT2D eigenvalue weighted by Gasteiger charge is 2.12. The predicted molar refractivity (Wildman–Crippen MR) is 85.5 cm³/mol. The van der Waals surface area contributed by atoms with Gasteiger partial charge in [0, 0.05) is 24.5 Å². The average molecular weight is 310 g/mol. The van der Waals surface area contributed by atoms with Gasteiger partial charge >= 0.3 is 0 Å². The van der Waals surface area contributed by atoms with Gasteiger partial charge < -0.3 is 5.32 Å². The van der Waals surface area contributed by atoms with E-state index in [4.69, 9.17) is 11.6 Å². The van der Waals surface area contributed by atoms with Gasteiger partial charge in [0.2, 0.25) is 0 Å². The highest BCUT2D eigenvalue weighted by molar-refractivity contribution is 7.99. The van der Waals surface area contributed by atoms with Crippen LogP contribution in [0.3, 0.4) is 0 Å². The molecule has 0 radical (unpaired) electrons. The second-order valence-electron chi connectivity index (χ2n) is 5.11. The second-order valence-corrected chi connectivity index (χ2v) is 6.55. The van der Waals surface area contributed by atoms with Gasteiger partial charge in [-0.3, -0.25) is 4.68 Å². The molecule has 3 nitrogen and oxygen atoms in total. The predicted octanol–water partition coefficient (Wildman–Crippen LogP) is 4.03. The molecule has 0 fully saturated rings. The van der Waals surface area contributed by atoms with Crippen LogP contribution in [0.4, 0.5) is 0 Å². The fraction of sp³-hybridized carbons (Fsp3) is 0.400. The van der Waals surface area contributed by atoms with E-state index in [0.717, 1.165) is 27.2 Å². The van der Waals surface area contributed by atoms with Crippen molar-refractivity contribution in [3.63, 3.8) is 0 Å². The van der Waals surface area contributed by atoms with E-state index in [9.17, 15) is 0 Å². The first-order valence-corrected chi connectivity index (χ1v) is 7.86. The molecular formula is C15H20ClN3S. The molecule has 0 saturated carbocycles. The monoisotopic (exact) mass is 309 g/mol. The maximum atomic E-state index is 6.38. The molecule has 0 unspecified atom stereocenters. The molecule has 0 spiro atoms. The fourth-order valence-corrected chi connectivity index (χ4v) is 3.27. The highest BCUT2D eigenvalue weighted by atomic mass is 35.5. The minimum absolute atomic E-state index is 0.450. The molecule has 1 heterocycles. The van der Waals surface area contributed by atoms with E-state index in [1.807, 2.05) is 30.8 Å². The van der Waals surface area contributed by atoms with Crippen LogP contribution in [0, 0.1) is 6.92 Å². The maximum absolute atomic E-state index is 6.38. The van der Waals surface area contributed by atoms with Crippen LogP contribution in [0.5, 0.6) is 0 Å². The van der Waals surface area contributed by atoms with Crippen molar-refractivity contribution < 1.29 is 0 Å². The van der Waals surface area contributed by atoms with Crippen molar-refractivity contribution in [2.45, 2.75) is 43.3 Å². The number of halogens is 1. The van der Waals surface area contributed by atoms with Crippen LogP contribution >= 0.6 is 23.4 Å². The van der Waals surface area contributed by atoms with Crippen molar-refractivity contribution in [1.82, 2.24) is 15.1 Å². The van der Waals surface area contributed by atoms with Crippen molar-refractivity contribution in [1.29, 1.82) is 0 Å². The van der Waals surface area contributed by atoms with Gasteiger partial charge in [-0.25, -0.2) is 0 Å². The molecule has 0 atom stereocenters. The number of aryl methyl sites for hydroxylation is 2. The van der Waals surface area contributed by atoms with E-state index in [1.165, 1.54) is 5.56 Å². The number of nitrogens with zero attached hydrogens (tertiary/aromatic N) is 2. The quantitative estimate of drug-likeness (QED) is 0.904. The maximum Gasteiger partial charge on any atom is 0.0987 e. The second kappa shape index (κ2) is 6.66. The zero-order chi connectivity index (χ0) is 14.7. The Balaban J connectivity index is 2.27. The van der Waals surface area contributed by atoms with Crippen LogP contribution in [0.1, 0.15) is 25.1 Å². The molecule has 20 heavy (non-hydrogen) atoms. The van der Waals surface area contributed by atoms with Gasteiger partial charge in [0.25, 0.3) is 0 Å². The molecule has 1 N–H and O–H groups in total. The van der Waals surface area contributed by atoms with Crippen molar-refractivity contribution in [2.24, 2.45) is 7.05 Å². The summed E-state index contributed by atoms with van der Waals surface area (Å²) in [6, 6.07) is 8.58. The van der Waals surface area contributed by atoms with E-state index >= 15 is 0 Å². The third-order valence-corrected chi connectivity index (χ3v) is 4.62. The summed E-state index contributed by atoms with van der Waals surface area (Å²) in [6.07, 6.45) is 0. The lowest BCUT2D eigenvalue weighted by Crippen LogP contribution is -2.22. The average Bonchev–Trinajstić information content (AvgIpc) is 2.68. The summed E-state index contributed by atoms with van der Waals surface area (Å²) in [6.45, 7) is 7.10. The Morgan fingerprint density at radius 3 is 2.75 bits per heavy atom. The molecule has 0 bridgehead atoms.